The van der Waals surface area contributed by atoms with Gasteiger partial charge < -0.3 is 0 Å². The van der Waals surface area contributed by atoms with E-state index in [2.05, 4.69) is 4.98 Å². The van der Waals surface area contributed by atoms with Crippen molar-refractivity contribution >= 4 is 33.2 Å². The van der Waals surface area contributed by atoms with E-state index in [1.807, 2.05) is 0 Å². The average Bonchev–Trinajstić information content (AvgIpc) is 3.02. The van der Waals surface area contributed by atoms with Crippen LogP contribution in [0.15, 0.2) is 24.3 Å². The number of aromatic nitrogens is 1. The van der Waals surface area contributed by atoms with Crippen LogP contribution in [0.2, 0.25) is 0 Å². The zero-order valence-corrected chi connectivity index (χ0v) is 12.4. The molecule has 0 unspecified atom stereocenters. The van der Waals surface area contributed by atoms with Crippen LogP contribution in [0.5, 0.6) is 0 Å². The molecule has 0 aliphatic rings. The Kier molecular flexibility index (Phi) is 4.03. The van der Waals surface area contributed by atoms with E-state index in [-0.39, 0.29) is 10.6 Å². The summed E-state index contributed by atoms with van der Waals surface area (Å²) < 4.78 is 67.7. The number of para-hydroxylation sites is 1. The van der Waals surface area contributed by atoms with Gasteiger partial charge in [-0.2, -0.15) is 5.26 Å². The third-order valence-corrected chi connectivity index (χ3v) is 4.25. The normalized spacial score (nSPS) is 11.8. The Labute approximate surface area is 136 Å². The van der Waals surface area contributed by atoms with Crippen LogP contribution in [0.3, 0.4) is 0 Å². The lowest BCUT2D eigenvalue weighted by atomic mass is 10.1. The maximum absolute atomic E-state index is 13.7. The Bertz CT molecular complexity index is 971. The van der Waals surface area contributed by atoms with E-state index in [1.165, 1.54) is 0 Å². The molecule has 0 aliphatic heterocycles. The lowest BCUT2D eigenvalue weighted by Gasteiger charge is -2.04. The first-order valence-electron chi connectivity index (χ1n) is 6.43. The van der Waals surface area contributed by atoms with Gasteiger partial charge in [-0.15, -0.1) is 11.3 Å². The number of allylic oxidation sites excluding steroid dienone is 1. The maximum Gasteiger partial charge on any atom is 0.200 e. The van der Waals surface area contributed by atoms with Gasteiger partial charge in [0.2, 0.25) is 5.82 Å². The van der Waals surface area contributed by atoms with E-state index in [9.17, 15) is 27.2 Å². The highest BCUT2D eigenvalue weighted by Gasteiger charge is 2.25. The van der Waals surface area contributed by atoms with Gasteiger partial charge in [-0.05, 0) is 18.2 Å². The summed E-state index contributed by atoms with van der Waals surface area (Å²) in [6, 6.07) is 8.52. The quantitative estimate of drug-likeness (QED) is 0.280. The minimum absolute atomic E-state index is 0.114. The standard InChI is InChI=1S/C16H5F5N2S/c17-11-8(12(18)14(20)15(21)13(11)19)5-7(6-22)16-23-9-3-1-2-4-10(9)24-16/h1-5H/b7-5+. The molecule has 3 rings (SSSR count). The van der Waals surface area contributed by atoms with Gasteiger partial charge in [0.15, 0.2) is 23.3 Å². The largest absolute Gasteiger partial charge is 0.235 e. The lowest BCUT2D eigenvalue weighted by Crippen LogP contribution is -2.04. The molecule has 0 aliphatic carbocycles. The molecular formula is C16H5F5N2S. The number of thiazole rings is 1. The third kappa shape index (κ3) is 2.53. The van der Waals surface area contributed by atoms with Gasteiger partial charge in [0.1, 0.15) is 11.1 Å². The molecule has 0 saturated heterocycles. The molecule has 3 aromatic rings. The number of benzene rings is 2. The van der Waals surface area contributed by atoms with Crippen molar-refractivity contribution in [1.29, 1.82) is 5.26 Å². The van der Waals surface area contributed by atoms with Crippen LogP contribution in [-0.4, -0.2) is 4.98 Å². The Morgan fingerprint density at radius 1 is 0.958 bits per heavy atom. The number of nitriles is 1. The Morgan fingerprint density at radius 3 is 2.12 bits per heavy atom. The van der Waals surface area contributed by atoms with Crippen LogP contribution in [0, 0.1) is 40.4 Å². The van der Waals surface area contributed by atoms with E-state index in [0.717, 1.165) is 11.3 Å². The molecule has 120 valence electrons. The van der Waals surface area contributed by atoms with Crippen LogP contribution in [0.4, 0.5) is 22.0 Å². The van der Waals surface area contributed by atoms with Gasteiger partial charge in [0.05, 0.1) is 21.4 Å². The number of hydrogen-bond acceptors (Lipinski definition) is 3. The molecule has 0 spiro atoms. The summed E-state index contributed by atoms with van der Waals surface area (Å²) in [5, 5.41) is 9.30. The van der Waals surface area contributed by atoms with Crippen molar-refractivity contribution < 1.29 is 22.0 Å². The number of fused-ring (bicyclic) bond motifs is 1. The zero-order chi connectivity index (χ0) is 17.4. The van der Waals surface area contributed by atoms with Crippen molar-refractivity contribution in [2.24, 2.45) is 0 Å². The summed E-state index contributed by atoms with van der Waals surface area (Å²) in [5.74, 6) is -10.4. The molecule has 1 heterocycles. The highest BCUT2D eigenvalue weighted by molar-refractivity contribution is 7.19. The molecule has 0 bridgehead atoms. The predicted molar refractivity (Wildman–Crippen MR) is 79.3 cm³/mol. The summed E-state index contributed by atoms with van der Waals surface area (Å²) in [6.45, 7) is 0. The molecule has 0 saturated carbocycles. The molecule has 0 amide bonds. The fourth-order valence-electron chi connectivity index (χ4n) is 2.02. The molecule has 0 radical (unpaired) electrons. The monoisotopic (exact) mass is 352 g/mol. The summed E-state index contributed by atoms with van der Waals surface area (Å²) in [6.07, 6.45) is 0.605. The molecule has 2 nitrogen and oxygen atoms in total. The molecule has 2 aromatic carbocycles. The van der Waals surface area contributed by atoms with Gasteiger partial charge in [0, 0.05) is 0 Å². The molecule has 24 heavy (non-hydrogen) atoms. The third-order valence-electron chi connectivity index (χ3n) is 3.18. The number of nitrogens with zero attached hydrogens (tertiary/aromatic N) is 2. The van der Waals surface area contributed by atoms with Crippen LogP contribution >= 0.6 is 11.3 Å². The first-order valence-corrected chi connectivity index (χ1v) is 7.25. The van der Waals surface area contributed by atoms with Gasteiger partial charge in [-0.25, -0.2) is 26.9 Å². The first-order chi connectivity index (χ1) is 11.4. The summed E-state index contributed by atoms with van der Waals surface area (Å²) in [5.41, 5.74) is -0.933. The van der Waals surface area contributed by atoms with Crippen LogP contribution in [-0.2, 0) is 0 Å². The fourth-order valence-corrected chi connectivity index (χ4v) is 2.95. The summed E-state index contributed by atoms with van der Waals surface area (Å²) in [7, 11) is 0. The molecule has 8 heteroatoms. The zero-order valence-electron chi connectivity index (χ0n) is 11.6. The average molecular weight is 352 g/mol. The molecule has 0 N–H and O–H groups in total. The predicted octanol–water partition coefficient (Wildman–Crippen LogP) is 5.06. The van der Waals surface area contributed by atoms with Crippen molar-refractivity contribution in [2.75, 3.05) is 0 Å². The van der Waals surface area contributed by atoms with Crippen molar-refractivity contribution in [2.45, 2.75) is 0 Å². The lowest BCUT2D eigenvalue weighted by molar-refractivity contribution is 0.377. The van der Waals surface area contributed by atoms with E-state index >= 15 is 0 Å². The van der Waals surface area contributed by atoms with Crippen molar-refractivity contribution in [3.05, 3.63) is 63.9 Å². The molecule has 0 atom stereocenters. The topological polar surface area (TPSA) is 36.7 Å². The van der Waals surface area contributed by atoms with Gasteiger partial charge in [-0.1, -0.05) is 12.1 Å². The van der Waals surface area contributed by atoms with Crippen molar-refractivity contribution in [3.8, 4) is 6.07 Å². The van der Waals surface area contributed by atoms with Crippen LogP contribution in [0.1, 0.15) is 10.6 Å². The minimum Gasteiger partial charge on any atom is -0.235 e. The van der Waals surface area contributed by atoms with Crippen LogP contribution < -0.4 is 0 Å². The Hall–Kier alpha value is -2.79. The molecular weight excluding hydrogens is 347 g/mol. The second-order valence-corrected chi connectivity index (χ2v) is 5.67. The van der Waals surface area contributed by atoms with Crippen molar-refractivity contribution in [1.82, 2.24) is 4.98 Å². The Morgan fingerprint density at radius 2 is 1.54 bits per heavy atom. The van der Waals surface area contributed by atoms with E-state index < -0.39 is 34.6 Å². The summed E-state index contributed by atoms with van der Waals surface area (Å²) >= 11 is 1.06. The smallest absolute Gasteiger partial charge is 0.200 e. The molecule has 1 aromatic heterocycles. The number of hydrogen-bond donors (Lipinski definition) is 0. The highest BCUT2D eigenvalue weighted by atomic mass is 32.1. The molecule has 0 fully saturated rings. The fraction of sp³-hybridized carbons (Fsp3) is 0. The second-order valence-electron chi connectivity index (χ2n) is 4.64. The number of rotatable bonds is 2. The number of halogens is 5. The second kappa shape index (κ2) is 6.02. The SMILES string of the molecule is N#C/C(=C\c1c(F)c(F)c(F)c(F)c1F)c1nc2ccccc2s1. The van der Waals surface area contributed by atoms with Gasteiger partial charge >= 0.3 is 0 Å². The van der Waals surface area contributed by atoms with Crippen molar-refractivity contribution in [3.63, 3.8) is 0 Å². The maximum atomic E-state index is 13.7. The van der Waals surface area contributed by atoms with Crippen LogP contribution in [0.25, 0.3) is 21.9 Å². The van der Waals surface area contributed by atoms with E-state index in [0.29, 0.717) is 16.3 Å². The van der Waals surface area contributed by atoms with Gasteiger partial charge in [-0.3, -0.25) is 0 Å². The Balaban J connectivity index is 2.21. The summed E-state index contributed by atoms with van der Waals surface area (Å²) in [4.78, 5) is 4.12. The highest BCUT2D eigenvalue weighted by Crippen LogP contribution is 2.30. The first kappa shape index (κ1) is 16.1. The minimum atomic E-state index is -2.25. The van der Waals surface area contributed by atoms with E-state index in [1.54, 1.807) is 30.3 Å². The van der Waals surface area contributed by atoms with E-state index in [4.69, 9.17) is 0 Å². The van der Waals surface area contributed by atoms with Gasteiger partial charge in [0.25, 0.3) is 0 Å².